The standard InChI is InChI=1S/C2H5NO2S.CH5N/c1-6-3-2(4)5;1-2/h3H,1H3,(H,4,5);2H2,1H3. The molecule has 4 nitrogen and oxygen atoms in total. The van der Waals surface area contributed by atoms with Crippen molar-refractivity contribution in [2.24, 2.45) is 5.73 Å². The molecule has 8 heavy (non-hydrogen) atoms. The van der Waals surface area contributed by atoms with Crippen molar-refractivity contribution in [2.45, 2.75) is 0 Å². The van der Waals surface area contributed by atoms with Crippen molar-refractivity contribution >= 4 is 18.0 Å². The van der Waals surface area contributed by atoms with Crippen molar-refractivity contribution in [1.29, 1.82) is 0 Å². The van der Waals surface area contributed by atoms with Crippen molar-refractivity contribution in [2.75, 3.05) is 13.3 Å². The summed E-state index contributed by atoms with van der Waals surface area (Å²) in [7, 11) is 1.50. The molecule has 0 spiro atoms. The molecule has 0 heterocycles. The maximum Gasteiger partial charge on any atom is 0.414 e. The molecule has 0 atom stereocenters. The number of rotatable bonds is 1. The average Bonchev–Trinajstić information content (AvgIpc) is 1.72. The number of amides is 1. The Morgan fingerprint density at radius 1 is 1.75 bits per heavy atom. The largest absolute Gasteiger partial charge is 0.464 e. The van der Waals surface area contributed by atoms with E-state index in [1.807, 2.05) is 4.72 Å². The summed E-state index contributed by atoms with van der Waals surface area (Å²) < 4.78 is 2.04. The Morgan fingerprint density at radius 2 is 2.12 bits per heavy atom. The summed E-state index contributed by atoms with van der Waals surface area (Å²) in [5.74, 6) is 0. The number of carbonyl (C=O) groups is 1. The van der Waals surface area contributed by atoms with E-state index in [1.54, 1.807) is 6.26 Å². The van der Waals surface area contributed by atoms with Gasteiger partial charge in [0.05, 0.1) is 0 Å². The van der Waals surface area contributed by atoms with Crippen LogP contribution in [0.2, 0.25) is 0 Å². The molecule has 0 aliphatic carbocycles. The highest BCUT2D eigenvalue weighted by molar-refractivity contribution is 7.97. The van der Waals surface area contributed by atoms with Gasteiger partial charge in [0, 0.05) is 6.26 Å². The Hall–Kier alpha value is -0.420. The lowest BCUT2D eigenvalue weighted by Gasteiger charge is -1.86. The maximum atomic E-state index is 9.47. The molecule has 0 aliphatic rings. The molecule has 0 unspecified atom stereocenters. The number of hydrogen-bond acceptors (Lipinski definition) is 3. The van der Waals surface area contributed by atoms with Crippen molar-refractivity contribution in [3.63, 3.8) is 0 Å². The lowest BCUT2D eigenvalue weighted by atomic mass is 11.3. The van der Waals surface area contributed by atoms with Gasteiger partial charge >= 0.3 is 6.09 Å². The van der Waals surface area contributed by atoms with Crippen molar-refractivity contribution in [3.05, 3.63) is 0 Å². The lowest BCUT2D eigenvalue weighted by molar-refractivity contribution is 0.202. The van der Waals surface area contributed by atoms with Crippen LogP contribution in [-0.2, 0) is 0 Å². The monoisotopic (exact) mass is 138 g/mol. The van der Waals surface area contributed by atoms with Crippen LogP contribution in [0, 0.1) is 0 Å². The van der Waals surface area contributed by atoms with Crippen molar-refractivity contribution in [1.82, 2.24) is 4.72 Å². The Kier molecular flexibility index (Phi) is 12.9. The van der Waals surface area contributed by atoms with Crippen LogP contribution in [0.15, 0.2) is 0 Å². The summed E-state index contributed by atoms with van der Waals surface area (Å²) in [5, 5.41) is 7.78. The fraction of sp³-hybridized carbons (Fsp3) is 0.667. The fourth-order valence-corrected chi connectivity index (χ4v) is 0.262. The van der Waals surface area contributed by atoms with Gasteiger partial charge in [-0.2, -0.15) is 0 Å². The van der Waals surface area contributed by atoms with Crippen LogP contribution >= 0.6 is 11.9 Å². The van der Waals surface area contributed by atoms with Gasteiger partial charge in [-0.25, -0.2) is 4.79 Å². The zero-order valence-electron chi connectivity index (χ0n) is 4.84. The predicted molar refractivity (Wildman–Crippen MR) is 34.8 cm³/mol. The molecule has 0 aromatic heterocycles. The first-order valence-electron chi connectivity index (χ1n) is 1.87. The van der Waals surface area contributed by atoms with E-state index in [-0.39, 0.29) is 0 Å². The van der Waals surface area contributed by atoms with Gasteiger partial charge in [-0.3, -0.25) is 4.72 Å². The minimum Gasteiger partial charge on any atom is -0.464 e. The van der Waals surface area contributed by atoms with Crippen molar-refractivity contribution < 1.29 is 9.90 Å². The Morgan fingerprint density at radius 3 is 2.12 bits per heavy atom. The second-order valence-electron chi connectivity index (χ2n) is 0.611. The Labute approximate surface area is 52.6 Å². The molecule has 0 fully saturated rings. The van der Waals surface area contributed by atoms with E-state index in [0.717, 1.165) is 11.9 Å². The molecule has 0 radical (unpaired) electrons. The number of carboxylic acid groups (broad SMARTS) is 1. The average molecular weight is 138 g/mol. The first-order valence-corrected chi connectivity index (χ1v) is 3.09. The first kappa shape index (κ1) is 10.5. The van der Waals surface area contributed by atoms with Crippen LogP contribution in [0.4, 0.5) is 4.79 Å². The van der Waals surface area contributed by atoms with Gasteiger partial charge in [0.1, 0.15) is 0 Å². The molecule has 0 rings (SSSR count). The van der Waals surface area contributed by atoms with Gasteiger partial charge in [-0.15, -0.1) is 0 Å². The summed E-state index contributed by atoms with van der Waals surface area (Å²) in [6, 6.07) is 0. The van der Waals surface area contributed by atoms with Gasteiger partial charge < -0.3 is 10.8 Å². The summed E-state index contributed by atoms with van der Waals surface area (Å²) in [6.45, 7) is 0. The predicted octanol–water partition coefficient (Wildman–Crippen LogP) is 0.107. The van der Waals surface area contributed by atoms with Crippen LogP contribution in [0.5, 0.6) is 0 Å². The van der Waals surface area contributed by atoms with E-state index >= 15 is 0 Å². The zero-order chi connectivity index (χ0) is 6.99. The summed E-state index contributed by atoms with van der Waals surface area (Å²) in [5.41, 5.74) is 4.50. The highest BCUT2D eigenvalue weighted by Crippen LogP contribution is 1.77. The zero-order valence-corrected chi connectivity index (χ0v) is 5.66. The third-order valence-electron chi connectivity index (χ3n) is 0.189. The normalized spacial score (nSPS) is 6.38. The van der Waals surface area contributed by atoms with Crippen LogP contribution in [0.3, 0.4) is 0 Å². The summed E-state index contributed by atoms with van der Waals surface area (Å²) >= 11 is 1.06. The second-order valence-corrected chi connectivity index (χ2v) is 1.22. The van der Waals surface area contributed by atoms with Gasteiger partial charge in [-0.1, -0.05) is 11.9 Å². The first-order chi connectivity index (χ1) is 3.77. The molecule has 4 N–H and O–H groups in total. The molecule has 0 saturated carbocycles. The minimum atomic E-state index is -0.998. The molecule has 50 valence electrons. The fourth-order valence-electron chi connectivity index (χ4n) is 0.0873. The quantitative estimate of drug-likeness (QED) is 0.449. The van der Waals surface area contributed by atoms with Crippen LogP contribution in [0.1, 0.15) is 0 Å². The van der Waals surface area contributed by atoms with Crippen molar-refractivity contribution in [3.8, 4) is 0 Å². The molecular formula is C3H10N2O2S. The molecule has 0 aliphatic heterocycles. The van der Waals surface area contributed by atoms with Gasteiger partial charge in [0.2, 0.25) is 0 Å². The highest BCUT2D eigenvalue weighted by atomic mass is 32.2. The van der Waals surface area contributed by atoms with Gasteiger partial charge in [0.15, 0.2) is 0 Å². The van der Waals surface area contributed by atoms with Gasteiger partial charge in [0.25, 0.3) is 0 Å². The van der Waals surface area contributed by atoms with E-state index in [1.165, 1.54) is 7.05 Å². The van der Waals surface area contributed by atoms with Crippen LogP contribution in [-0.4, -0.2) is 24.5 Å². The Bertz CT molecular complexity index is 59.2. The second kappa shape index (κ2) is 9.77. The molecular weight excluding hydrogens is 128 g/mol. The lowest BCUT2D eigenvalue weighted by Crippen LogP contribution is -2.09. The molecule has 0 aromatic carbocycles. The highest BCUT2D eigenvalue weighted by Gasteiger charge is 1.84. The SMILES string of the molecule is CN.CSNC(=O)O. The van der Waals surface area contributed by atoms with E-state index in [4.69, 9.17) is 5.11 Å². The topological polar surface area (TPSA) is 75.3 Å². The third kappa shape index (κ3) is 17.6. The van der Waals surface area contributed by atoms with E-state index < -0.39 is 6.09 Å². The molecule has 1 amide bonds. The Balaban J connectivity index is 0. The van der Waals surface area contributed by atoms with Crippen LogP contribution in [0.25, 0.3) is 0 Å². The van der Waals surface area contributed by atoms with E-state index in [0.29, 0.717) is 0 Å². The minimum absolute atomic E-state index is 0.998. The van der Waals surface area contributed by atoms with Gasteiger partial charge in [-0.05, 0) is 7.05 Å². The van der Waals surface area contributed by atoms with E-state index in [2.05, 4.69) is 5.73 Å². The smallest absolute Gasteiger partial charge is 0.414 e. The number of nitrogens with two attached hydrogens (primary N) is 1. The molecule has 5 heteroatoms. The third-order valence-corrected chi connectivity index (χ3v) is 0.568. The number of hydrogen-bond donors (Lipinski definition) is 3. The molecule has 0 aromatic rings. The maximum absolute atomic E-state index is 9.47. The summed E-state index contributed by atoms with van der Waals surface area (Å²) in [4.78, 5) is 9.47. The van der Waals surface area contributed by atoms with E-state index in [9.17, 15) is 4.79 Å². The molecule has 0 saturated heterocycles. The van der Waals surface area contributed by atoms with Crippen LogP contribution < -0.4 is 10.5 Å². The summed E-state index contributed by atoms with van der Waals surface area (Å²) in [6.07, 6.45) is 0.649. The molecule has 0 bridgehead atoms. The number of nitrogens with one attached hydrogen (secondary N) is 1.